The number of halogens is 1. The summed E-state index contributed by atoms with van der Waals surface area (Å²) in [6.45, 7) is 5.67. The van der Waals surface area contributed by atoms with Gasteiger partial charge in [0, 0.05) is 6.07 Å². The summed E-state index contributed by atoms with van der Waals surface area (Å²) in [5.74, 6) is 1.01. The lowest BCUT2D eigenvalue weighted by atomic mass is 10.1. The van der Waals surface area contributed by atoms with Gasteiger partial charge in [-0.1, -0.05) is 17.7 Å². The quantitative estimate of drug-likeness (QED) is 0.883. The van der Waals surface area contributed by atoms with Gasteiger partial charge in [0.2, 0.25) is 0 Å². The third-order valence-electron chi connectivity index (χ3n) is 3.31. The number of ether oxygens (including phenoxy) is 2. The molecule has 0 spiro atoms. The fraction of sp³-hybridized carbons (Fsp3) is 0.278. The van der Waals surface area contributed by atoms with Crippen molar-refractivity contribution in [1.82, 2.24) is 0 Å². The van der Waals surface area contributed by atoms with E-state index in [-0.39, 0.29) is 5.91 Å². The monoisotopic (exact) mass is 333 g/mol. The molecule has 0 saturated heterocycles. The van der Waals surface area contributed by atoms with Crippen LogP contribution in [-0.4, -0.2) is 19.1 Å². The Morgan fingerprint density at radius 3 is 2.35 bits per heavy atom. The maximum Gasteiger partial charge on any atom is 0.265 e. The number of carbonyl (C=O) groups is 1. The smallest absolute Gasteiger partial charge is 0.265 e. The summed E-state index contributed by atoms with van der Waals surface area (Å²) in [5.41, 5.74) is 2.67. The summed E-state index contributed by atoms with van der Waals surface area (Å²) < 4.78 is 10.9. The number of anilines is 1. The topological polar surface area (TPSA) is 47.6 Å². The van der Waals surface area contributed by atoms with Crippen molar-refractivity contribution in [1.29, 1.82) is 0 Å². The molecule has 2 rings (SSSR count). The van der Waals surface area contributed by atoms with Crippen molar-refractivity contribution >= 4 is 23.2 Å². The molecule has 0 aliphatic carbocycles. The van der Waals surface area contributed by atoms with Gasteiger partial charge in [0.15, 0.2) is 6.10 Å². The fourth-order valence-electron chi connectivity index (χ4n) is 2.22. The largest absolute Gasteiger partial charge is 0.497 e. The van der Waals surface area contributed by atoms with E-state index in [0.29, 0.717) is 22.2 Å². The first-order valence-corrected chi connectivity index (χ1v) is 7.66. The Balaban J connectivity index is 2.08. The van der Waals surface area contributed by atoms with E-state index in [0.717, 1.165) is 11.1 Å². The van der Waals surface area contributed by atoms with E-state index in [4.69, 9.17) is 21.1 Å². The van der Waals surface area contributed by atoms with Crippen LogP contribution in [0.15, 0.2) is 36.4 Å². The summed E-state index contributed by atoms with van der Waals surface area (Å²) in [4.78, 5) is 12.3. The molecule has 1 N–H and O–H groups in total. The lowest BCUT2D eigenvalue weighted by molar-refractivity contribution is -0.122. The van der Waals surface area contributed by atoms with Gasteiger partial charge in [-0.25, -0.2) is 0 Å². The van der Waals surface area contributed by atoms with Gasteiger partial charge in [-0.15, -0.1) is 0 Å². The van der Waals surface area contributed by atoms with Crippen LogP contribution in [-0.2, 0) is 4.79 Å². The van der Waals surface area contributed by atoms with E-state index in [9.17, 15) is 4.79 Å². The minimum atomic E-state index is -0.654. The minimum absolute atomic E-state index is 0.278. The molecule has 2 aromatic carbocycles. The molecule has 1 atom stereocenters. The molecule has 0 saturated carbocycles. The Morgan fingerprint density at radius 2 is 1.74 bits per heavy atom. The normalized spacial score (nSPS) is 11.7. The average Bonchev–Trinajstić information content (AvgIpc) is 2.48. The molecular weight excluding hydrogens is 314 g/mol. The Labute approximate surface area is 141 Å². The predicted molar refractivity (Wildman–Crippen MR) is 92.6 cm³/mol. The van der Waals surface area contributed by atoms with Crippen LogP contribution in [0, 0.1) is 13.8 Å². The zero-order valence-corrected chi connectivity index (χ0v) is 14.4. The third kappa shape index (κ3) is 4.63. The van der Waals surface area contributed by atoms with Crippen LogP contribution < -0.4 is 14.8 Å². The fourth-order valence-corrected chi connectivity index (χ4v) is 2.38. The molecule has 5 heteroatoms. The average molecular weight is 334 g/mol. The Bertz CT molecular complexity index is 695. The predicted octanol–water partition coefficient (Wildman–Crippen LogP) is 4.37. The summed E-state index contributed by atoms with van der Waals surface area (Å²) in [6, 6.07) is 10.9. The summed E-state index contributed by atoms with van der Waals surface area (Å²) in [6.07, 6.45) is -0.654. The molecule has 4 nitrogen and oxygen atoms in total. The number of aryl methyl sites for hydroxylation is 2. The van der Waals surface area contributed by atoms with E-state index in [2.05, 4.69) is 5.32 Å². The van der Waals surface area contributed by atoms with E-state index < -0.39 is 6.10 Å². The molecule has 122 valence electrons. The van der Waals surface area contributed by atoms with Crippen molar-refractivity contribution in [3.8, 4) is 11.5 Å². The molecule has 1 unspecified atom stereocenters. The van der Waals surface area contributed by atoms with Crippen molar-refractivity contribution in [3.63, 3.8) is 0 Å². The number of hydrogen-bond acceptors (Lipinski definition) is 3. The Morgan fingerprint density at radius 1 is 1.09 bits per heavy atom. The molecule has 2 aromatic rings. The number of benzene rings is 2. The van der Waals surface area contributed by atoms with Gasteiger partial charge in [-0.3, -0.25) is 4.79 Å². The van der Waals surface area contributed by atoms with E-state index in [1.165, 1.54) is 0 Å². The van der Waals surface area contributed by atoms with Crippen LogP contribution in [0.25, 0.3) is 0 Å². The first-order valence-electron chi connectivity index (χ1n) is 7.28. The lowest BCUT2D eigenvalue weighted by Gasteiger charge is -2.16. The number of carbonyl (C=O) groups excluding carboxylic acids is 1. The standard InChI is InChI=1S/C18H20ClNO3/c1-11-7-12(2)9-15(8-11)23-13(3)18(21)20-17-10-14(22-4)5-6-16(17)19/h5-10,13H,1-4H3,(H,20,21). The number of amides is 1. The highest BCUT2D eigenvalue weighted by Crippen LogP contribution is 2.27. The van der Waals surface area contributed by atoms with E-state index in [1.54, 1.807) is 32.2 Å². The van der Waals surface area contributed by atoms with Gasteiger partial charge in [0.05, 0.1) is 17.8 Å². The van der Waals surface area contributed by atoms with Gasteiger partial charge in [0.1, 0.15) is 11.5 Å². The SMILES string of the molecule is COc1ccc(Cl)c(NC(=O)C(C)Oc2cc(C)cc(C)c2)c1. The van der Waals surface area contributed by atoms with Crippen LogP contribution in [0.5, 0.6) is 11.5 Å². The van der Waals surface area contributed by atoms with Gasteiger partial charge >= 0.3 is 0 Å². The van der Waals surface area contributed by atoms with Crippen molar-refractivity contribution in [3.05, 3.63) is 52.5 Å². The molecule has 0 fully saturated rings. The first kappa shape index (κ1) is 17.2. The highest BCUT2D eigenvalue weighted by Gasteiger charge is 2.17. The molecule has 1 amide bonds. The van der Waals surface area contributed by atoms with Gasteiger partial charge in [-0.05, 0) is 56.2 Å². The lowest BCUT2D eigenvalue weighted by Crippen LogP contribution is -2.30. The van der Waals surface area contributed by atoms with Crippen LogP contribution in [0.2, 0.25) is 5.02 Å². The van der Waals surface area contributed by atoms with Gasteiger partial charge < -0.3 is 14.8 Å². The van der Waals surface area contributed by atoms with E-state index in [1.807, 2.05) is 32.0 Å². The summed E-state index contributed by atoms with van der Waals surface area (Å²) >= 11 is 6.09. The van der Waals surface area contributed by atoms with E-state index >= 15 is 0 Å². The molecule has 23 heavy (non-hydrogen) atoms. The van der Waals surface area contributed by atoms with Crippen molar-refractivity contribution in [2.24, 2.45) is 0 Å². The maximum absolute atomic E-state index is 12.3. The highest BCUT2D eigenvalue weighted by molar-refractivity contribution is 6.33. The molecule has 0 aliphatic rings. The second kappa shape index (κ2) is 7.38. The Kier molecular flexibility index (Phi) is 5.50. The molecular formula is C18H20ClNO3. The first-order chi connectivity index (χ1) is 10.9. The molecule has 0 aliphatic heterocycles. The molecule has 0 heterocycles. The maximum atomic E-state index is 12.3. The van der Waals surface area contributed by atoms with Crippen molar-refractivity contribution in [2.75, 3.05) is 12.4 Å². The van der Waals surface area contributed by atoms with Crippen molar-refractivity contribution < 1.29 is 14.3 Å². The van der Waals surface area contributed by atoms with Crippen LogP contribution in [0.3, 0.4) is 0 Å². The second-order valence-electron chi connectivity index (χ2n) is 5.42. The van der Waals surface area contributed by atoms with Gasteiger partial charge in [0.25, 0.3) is 5.91 Å². The van der Waals surface area contributed by atoms with Crippen LogP contribution >= 0.6 is 11.6 Å². The number of hydrogen-bond donors (Lipinski definition) is 1. The zero-order valence-electron chi connectivity index (χ0n) is 13.6. The van der Waals surface area contributed by atoms with Crippen molar-refractivity contribution in [2.45, 2.75) is 26.9 Å². The zero-order chi connectivity index (χ0) is 17.0. The molecule has 0 radical (unpaired) electrons. The van der Waals surface area contributed by atoms with Crippen LogP contribution in [0.4, 0.5) is 5.69 Å². The number of rotatable bonds is 5. The minimum Gasteiger partial charge on any atom is -0.497 e. The summed E-state index contributed by atoms with van der Waals surface area (Å²) in [5, 5.41) is 3.20. The second-order valence-corrected chi connectivity index (χ2v) is 5.83. The van der Waals surface area contributed by atoms with Gasteiger partial charge in [-0.2, -0.15) is 0 Å². The third-order valence-corrected chi connectivity index (χ3v) is 3.64. The van der Waals surface area contributed by atoms with Crippen LogP contribution in [0.1, 0.15) is 18.1 Å². The molecule has 0 bridgehead atoms. The summed E-state index contributed by atoms with van der Waals surface area (Å²) in [7, 11) is 1.56. The number of nitrogens with one attached hydrogen (secondary N) is 1. The molecule has 0 aromatic heterocycles. The number of methoxy groups -OCH3 is 1. The Hall–Kier alpha value is -2.20. The highest BCUT2D eigenvalue weighted by atomic mass is 35.5.